The average molecular weight is 605 g/mol. The van der Waals surface area contributed by atoms with Gasteiger partial charge < -0.3 is 33.9 Å². The summed E-state index contributed by atoms with van der Waals surface area (Å²) in [6, 6.07) is 26.4. The van der Waals surface area contributed by atoms with E-state index in [-0.39, 0.29) is 17.5 Å². The normalized spacial score (nSPS) is 11.2. The summed E-state index contributed by atoms with van der Waals surface area (Å²) in [5, 5.41) is 17.6. The van der Waals surface area contributed by atoms with E-state index in [1.165, 1.54) is 0 Å². The number of carboxylic acid groups (broad SMARTS) is 1. The summed E-state index contributed by atoms with van der Waals surface area (Å²) in [5.41, 5.74) is 2.27. The second kappa shape index (κ2) is 17.7. The van der Waals surface area contributed by atoms with Gasteiger partial charge in [0.1, 0.15) is 34.5 Å². The second-order valence-electron chi connectivity index (χ2n) is 9.46. The van der Waals surface area contributed by atoms with Crippen molar-refractivity contribution in [1.82, 2.24) is 0 Å². The van der Waals surface area contributed by atoms with Gasteiger partial charge in [-0.05, 0) is 66.6 Å². The molecule has 0 bridgehead atoms. The molecule has 0 saturated heterocycles. The van der Waals surface area contributed by atoms with E-state index in [0.717, 1.165) is 22.6 Å². The molecule has 9 nitrogen and oxygen atoms in total. The zero-order valence-electron chi connectivity index (χ0n) is 26.1. The van der Waals surface area contributed by atoms with Crippen LogP contribution in [0.3, 0.4) is 0 Å². The molecule has 0 aliphatic rings. The molecular weight excluding hydrogens is 564 g/mol. The number of phenolic OH excluding ortho intramolecular Hbond substituents is 1. The maximum atomic E-state index is 12.7. The summed E-state index contributed by atoms with van der Waals surface area (Å²) >= 11 is 0. The van der Waals surface area contributed by atoms with Crippen LogP contribution in [0.1, 0.15) is 47.2 Å². The topological polar surface area (TPSA) is 121 Å². The van der Waals surface area contributed by atoms with E-state index >= 15 is 0 Å². The summed E-state index contributed by atoms with van der Waals surface area (Å²) < 4.78 is 25.4. The molecule has 0 aromatic heterocycles. The fourth-order valence-corrected chi connectivity index (χ4v) is 3.92. The number of aliphatic carboxylic acids is 1. The highest BCUT2D eigenvalue weighted by Gasteiger charge is 2.21. The van der Waals surface area contributed by atoms with Gasteiger partial charge in [-0.2, -0.15) is 0 Å². The molecule has 2 atom stereocenters. The number of phenols is 1. The minimum Gasteiger partial charge on any atom is -0.508 e. The zero-order valence-corrected chi connectivity index (χ0v) is 26.1. The van der Waals surface area contributed by atoms with Crippen molar-refractivity contribution in [2.24, 2.45) is 0 Å². The molecule has 2 unspecified atom stereocenters. The van der Waals surface area contributed by atoms with Gasteiger partial charge in [0, 0.05) is 18.1 Å². The fraction of sp³-hybridized carbons (Fsp3) is 0.257. The first-order valence-corrected chi connectivity index (χ1v) is 13.7. The van der Waals surface area contributed by atoms with Crippen LogP contribution in [-0.2, 0) is 4.79 Å². The van der Waals surface area contributed by atoms with Crippen molar-refractivity contribution in [3.05, 3.63) is 108 Å². The Morgan fingerprint density at radius 1 is 0.568 bits per heavy atom. The third-order valence-electron chi connectivity index (χ3n) is 6.72. The number of carbonyl (C=O) groups excluding carboxylic acids is 1. The Balaban J connectivity index is 0.000000258. The molecule has 0 amide bonds. The summed E-state index contributed by atoms with van der Waals surface area (Å²) in [7, 11) is 7.88. The van der Waals surface area contributed by atoms with Gasteiger partial charge in [0.05, 0.1) is 47.0 Å². The molecule has 0 fully saturated rings. The number of rotatable bonds is 10. The van der Waals surface area contributed by atoms with E-state index in [2.05, 4.69) is 0 Å². The van der Waals surface area contributed by atoms with E-state index < -0.39 is 11.9 Å². The number of hydrogen-bond donors (Lipinski definition) is 2. The molecule has 0 saturated carbocycles. The Morgan fingerprint density at radius 3 is 1.43 bits per heavy atom. The van der Waals surface area contributed by atoms with Crippen molar-refractivity contribution in [2.75, 3.05) is 35.5 Å². The minimum atomic E-state index is -0.815. The number of ether oxygens (including phenoxy) is 5. The molecule has 0 aliphatic heterocycles. The maximum absolute atomic E-state index is 12.7. The molecule has 9 heteroatoms. The van der Waals surface area contributed by atoms with Crippen LogP contribution in [0.5, 0.6) is 34.5 Å². The molecule has 0 spiro atoms. The molecule has 2 N–H and O–H groups in total. The van der Waals surface area contributed by atoms with Gasteiger partial charge in [0.2, 0.25) is 0 Å². The summed E-state index contributed by atoms with van der Waals surface area (Å²) in [6.45, 7) is 3.54. The van der Waals surface area contributed by atoms with Gasteiger partial charge in [0.25, 0.3) is 0 Å². The molecule has 4 rings (SSSR count). The maximum Gasteiger partial charge on any atom is 0.310 e. The van der Waals surface area contributed by atoms with Crippen molar-refractivity contribution in [3.8, 4) is 34.5 Å². The minimum absolute atomic E-state index is 0.00432. The molecule has 4 aromatic rings. The first-order chi connectivity index (χ1) is 21.1. The van der Waals surface area contributed by atoms with Gasteiger partial charge in [-0.3, -0.25) is 9.59 Å². The van der Waals surface area contributed by atoms with Gasteiger partial charge in [-0.15, -0.1) is 0 Å². The lowest BCUT2D eigenvalue weighted by Crippen LogP contribution is -2.11. The number of carbonyl (C=O) groups is 2. The molecule has 234 valence electrons. The Hall–Kier alpha value is -5.18. The van der Waals surface area contributed by atoms with Crippen LogP contribution in [0.4, 0.5) is 0 Å². The number of carboxylic acids is 1. The van der Waals surface area contributed by atoms with Crippen LogP contribution >= 0.6 is 0 Å². The summed E-state index contributed by atoms with van der Waals surface area (Å²) in [5.74, 6) is 2.04. The van der Waals surface area contributed by atoms with Crippen LogP contribution in [-0.4, -0.2) is 57.5 Å². The Morgan fingerprint density at radius 2 is 1.02 bits per heavy atom. The van der Waals surface area contributed by atoms with Gasteiger partial charge in [0.15, 0.2) is 5.78 Å². The smallest absolute Gasteiger partial charge is 0.310 e. The predicted octanol–water partition coefficient (Wildman–Crippen LogP) is 6.98. The summed E-state index contributed by atoms with van der Waals surface area (Å²) in [4.78, 5) is 23.3. The third kappa shape index (κ3) is 10.3. The Labute approximate surface area is 258 Å². The number of benzene rings is 4. The first-order valence-electron chi connectivity index (χ1n) is 13.7. The number of hydrogen-bond acceptors (Lipinski definition) is 8. The average Bonchev–Trinajstić information content (AvgIpc) is 3.07. The van der Waals surface area contributed by atoms with E-state index in [1.807, 2.05) is 31.2 Å². The largest absolute Gasteiger partial charge is 0.508 e. The number of methoxy groups -OCH3 is 5. The zero-order chi connectivity index (χ0) is 32.6. The lowest BCUT2D eigenvalue weighted by atomic mass is 9.92. The lowest BCUT2D eigenvalue weighted by molar-refractivity contribution is -0.138. The van der Waals surface area contributed by atoms with Crippen molar-refractivity contribution < 1.29 is 43.5 Å². The second-order valence-corrected chi connectivity index (χ2v) is 9.46. The molecule has 0 heterocycles. The number of ketones is 1. The van der Waals surface area contributed by atoms with Crippen molar-refractivity contribution in [1.29, 1.82) is 0 Å². The van der Waals surface area contributed by atoms with Gasteiger partial charge >= 0.3 is 5.97 Å². The molecule has 4 aromatic carbocycles. The molecular formula is C35H40O9. The number of aromatic hydroxyl groups is 1. The Bertz CT molecular complexity index is 1460. The van der Waals surface area contributed by atoms with Gasteiger partial charge in [-0.1, -0.05) is 37.3 Å². The highest BCUT2D eigenvalue weighted by Crippen LogP contribution is 2.30. The van der Waals surface area contributed by atoms with Crippen LogP contribution < -0.4 is 23.7 Å². The predicted molar refractivity (Wildman–Crippen MR) is 169 cm³/mol. The van der Waals surface area contributed by atoms with E-state index in [0.29, 0.717) is 22.8 Å². The lowest BCUT2D eigenvalue weighted by Gasteiger charge is -2.15. The SMILES string of the molecule is COc1ccc(C(C)C(=O)O)cc1.COc1ccc(C(C)C(=O)c2ccc(OC)cc2OC)cc1.COc1cccc(O)c1. The quantitative estimate of drug-likeness (QED) is 0.185. The highest BCUT2D eigenvalue weighted by molar-refractivity contribution is 6.03. The fourth-order valence-electron chi connectivity index (χ4n) is 3.92. The first kappa shape index (κ1) is 35.0. The Kier molecular flexibility index (Phi) is 14.1. The van der Waals surface area contributed by atoms with Crippen molar-refractivity contribution >= 4 is 11.8 Å². The monoisotopic (exact) mass is 604 g/mol. The highest BCUT2D eigenvalue weighted by atomic mass is 16.5. The van der Waals surface area contributed by atoms with Crippen molar-refractivity contribution in [2.45, 2.75) is 25.7 Å². The molecule has 44 heavy (non-hydrogen) atoms. The van der Waals surface area contributed by atoms with Crippen LogP contribution in [0, 0.1) is 0 Å². The van der Waals surface area contributed by atoms with E-state index in [9.17, 15) is 9.59 Å². The van der Waals surface area contributed by atoms with Crippen LogP contribution in [0.2, 0.25) is 0 Å². The molecule has 0 aliphatic carbocycles. The van der Waals surface area contributed by atoms with E-state index in [1.54, 1.807) is 109 Å². The third-order valence-corrected chi connectivity index (χ3v) is 6.72. The summed E-state index contributed by atoms with van der Waals surface area (Å²) in [6.07, 6.45) is 0. The molecule has 0 radical (unpaired) electrons. The standard InChI is InChI=1S/C18H20O4.C10H12O3.C7H8O2/c1-12(13-5-7-14(20-2)8-6-13)18(19)16-10-9-15(21-3)11-17(16)22-4;1-7(10(11)12)8-3-5-9(13-2)6-4-8;1-9-7-4-2-3-6(8)5-7/h5-12H,1-4H3;3-7H,1-2H3,(H,11,12);2-5,8H,1H3. The van der Waals surface area contributed by atoms with Crippen LogP contribution in [0.15, 0.2) is 91.0 Å². The van der Waals surface area contributed by atoms with Crippen LogP contribution in [0.25, 0.3) is 0 Å². The number of Topliss-reactive ketones (excluding diaryl/α,β-unsaturated/α-hetero) is 1. The van der Waals surface area contributed by atoms with Gasteiger partial charge in [-0.25, -0.2) is 0 Å². The van der Waals surface area contributed by atoms with Crippen molar-refractivity contribution in [3.63, 3.8) is 0 Å². The van der Waals surface area contributed by atoms with E-state index in [4.69, 9.17) is 33.9 Å².